The van der Waals surface area contributed by atoms with Crippen molar-refractivity contribution >= 4 is 0 Å². The predicted octanol–water partition coefficient (Wildman–Crippen LogP) is 5.84. The summed E-state index contributed by atoms with van der Waals surface area (Å²) in [5.41, 5.74) is 0. The zero-order valence-electron chi connectivity index (χ0n) is 14.0. The summed E-state index contributed by atoms with van der Waals surface area (Å²) in [4.78, 5) is 2.68. The van der Waals surface area contributed by atoms with E-state index in [0.717, 1.165) is 12.3 Å². The van der Waals surface area contributed by atoms with E-state index in [9.17, 15) is 0 Å². The molecule has 0 aromatic rings. The summed E-state index contributed by atoms with van der Waals surface area (Å²) in [6, 6.07) is 0. The van der Waals surface area contributed by atoms with Crippen molar-refractivity contribution in [2.75, 3.05) is 19.6 Å². The van der Waals surface area contributed by atoms with Crippen molar-refractivity contribution in [1.29, 1.82) is 0 Å². The molecule has 119 valence electrons. The predicted molar refractivity (Wildman–Crippen MR) is 91.0 cm³/mol. The van der Waals surface area contributed by atoms with Gasteiger partial charge < -0.3 is 4.90 Å². The SMILES string of the molecule is [CH2]CC1CCN(CCCCCCCCCCCC)CC1. The van der Waals surface area contributed by atoms with Gasteiger partial charge in [0.2, 0.25) is 0 Å². The summed E-state index contributed by atoms with van der Waals surface area (Å²) in [6.45, 7) is 10.3. The molecular weight excluding hydrogens is 242 g/mol. The lowest BCUT2D eigenvalue weighted by molar-refractivity contribution is 0.182. The van der Waals surface area contributed by atoms with E-state index in [2.05, 4.69) is 18.7 Å². The fourth-order valence-electron chi connectivity index (χ4n) is 3.32. The molecule has 0 amide bonds. The van der Waals surface area contributed by atoms with Crippen LogP contribution in [-0.4, -0.2) is 24.5 Å². The summed E-state index contributed by atoms with van der Waals surface area (Å²) >= 11 is 0. The van der Waals surface area contributed by atoms with Crippen LogP contribution in [0.1, 0.15) is 90.4 Å². The van der Waals surface area contributed by atoms with E-state index < -0.39 is 0 Å². The van der Waals surface area contributed by atoms with Crippen LogP contribution in [0.4, 0.5) is 0 Å². The first-order valence-corrected chi connectivity index (χ1v) is 9.38. The molecule has 0 atom stereocenters. The van der Waals surface area contributed by atoms with E-state index in [1.807, 2.05) is 0 Å². The molecule has 1 saturated heterocycles. The molecule has 0 spiro atoms. The van der Waals surface area contributed by atoms with Gasteiger partial charge in [0, 0.05) is 0 Å². The normalized spacial score (nSPS) is 17.7. The minimum absolute atomic E-state index is 0.916. The summed E-state index contributed by atoms with van der Waals surface area (Å²) in [5, 5.41) is 0. The first-order chi connectivity index (χ1) is 9.86. The van der Waals surface area contributed by atoms with Crippen LogP contribution in [0.15, 0.2) is 0 Å². The summed E-state index contributed by atoms with van der Waals surface area (Å²) < 4.78 is 0. The maximum Gasteiger partial charge on any atom is -0.00161 e. The summed E-state index contributed by atoms with van der Waals surface area (Å²) in [7, 11) is 0. The molecule has 0 saturated carbocycles. The molecule has 0 bridgehead atoms. The first-order valence-electron chi connectivity index (χ1n) is 9.38. The highest BCUT2D eigenvalue weighted by molar-refractivity contribution is 4.72. The molecule has 1 aliphatic rings. The quantitative estimate of drug-likeness (QED) is 0.406. The Morgan fingerprint density at radius 1 is 0.800 bits per heavy atom. The third-order valence-corrected chi connectivity index (χ3v) is 4.94. The van der Waals surface area contributed by atoms with Gasteiger partial charge in [0.1, 0.15) is 0 Å². The van der Waals surface area contributed by atoms with Gasteiger partial charge in [-0.25, -0.2) is 0 Å². The van der Waals surface area contributed by atoms with Crippen molar-refractivity contribution in [2.45, 2.75) is 90.4 Å². The molecule has 0 N–H and O–H groups in total. The van der Waals surface area contributed by atoms with Crippen molar-refractivity contribution in [3.8, 4) is 0 Å². The van der Waals surface area contributed by atoms with Crippen LogP contribution in [0.2, 0.25) is 0 Å². The molecule has 20 heavy (non-hydrogen) atoms. The molecule has 0 aliphatic carbocycles. The minimum atomic E-state index is 0.916. The number of nitrogens with zero attached hydrogens (tertiary/aromatic N) is 1. The molecule has 1 aliphatic heterocycles. The molecule has 1 radical (unpaired) electrons. The van der Waals surface area contributed by atoms with E-state index >= 15 is 0 Å². The van der Waals surface area contributed by atoms with E-state index in [4.69, 9.17) is 0 Å². The highest BCUT2D eigenvalue weighted by Gasteiger charge is 2.16. The molecule has 0 aromatic carbocycles. The van der Waals surface area contributed by atoms with Crippen molar-refractivity contribution in [2.24, 2.45) is 5.92 Å². The number of unbranched alkanes of at least 4 members (excludes halogenated alkanes) is 9. The summed E-state index contributed by atoms with van der Waals surface area (Å²) in [5.74, 6) is 0.916. The second-order valence-electron chi connectivity index (χ2n) is 6.76. The lowest BCUT2D eigenvalue weighted by Crippen LogP contribution is -2.34. The molecule has 0 unspecified atom stereocenters. The largest absolute Gasteiger partial charge is 0.303 e. The topological polar surface area (TPSA) is 3.24 Å². The highest BCUT2D eigenvalue weighted by Crippen LogP contribution is 2.20. The lowest BCUT2D eigenvalue weighted by Gasteiger charge is -2.31. The van der Waals surface area contributed by atoms with Crippen molar-refractivity contribution < 1.29 is 0 Å². The Bertz CT molecular complexity index is 194. The fourth-order valence-corrected chi connectivity index (χ4v) is 3.32. The Balaban J connectivity index is 1.79. The van der Waals surface area contributed by atoms with Crippen molar-refractivity contribution in [3.05, 3.63) is 6.92 Å². The van der Waals surface area contributed by atoms with Gasteiger partial charge in [0.05, 0.1) is 0 Å². The van der Waals surface area contributed by atoms with Crippen LogP contribution >= 0.6 is 0 Å². The maximum absolute atomic E-state index is 4.04. The Labute approximate surface area is 128 Å². The van der Waals surface area contributed by atoms with E-state index in [-0.39, 0.29) is 0 Å². The number of piperidine rings is 1. The van der Waals surface area contributed by atoms with Gasteiger partial charge in [-0.15, -0.1) is 0 Å². The van der Waals surface area contributed by atoms with Gasteiger partial charge in [-0.05, 0) is 44.8 Å². The lowest BCUT2D eigenvalue weighted by atomic mass is 9.94. The second kappa shape index (κ2) is 12.7. The Hall–Kier alpha value is -0.0400. The summed E-state index contributed by atoms with van der Waals surface area (Å²) in [6.07, 6.45) is 18.4. The van der Waals surface area contributed by atoms with E-state index in [1.54, 1.807) is 0 Å². The zero-order chi connectivity index (χ0) is 14.5. The van der Waals surface area contributed by atoms with Crippen LogP contribution in [0, 0.1) is 12.8 Å². The smallest absolute Gasteiger partial charge is 0.00161 e. The molecule has 0 aromatic heterocycles. The third kappa shape index (κ3) is 9.00. The minimum Gasteiger partial charge on any atom is -0.303 e. The third-order valence-electron chi connectivity index (χ3n) is 4.94. The van der Waals surface area contributed by atoms with Crippen molar-refractivity contribution in [3.63, 3.8) is 0 Å². The van der Waals surface area contributed by atoms with Crippen LogP contribution in [0.5, 0.6) is 0 Å². The maximum atomic E-state index is 4.04. The average molecular weight is 281 g/mol. The van der Waals surface area contributed by atoms with Gasteiger partial charge in [-0.2, -0.15) is 0 Å². The average Bonchev–Trinajstić information content (AvgIpc) is 2.50. The number of rotatable bonds is 12. The highest BCUT2D eigenvalue weighted by atomic mass is 15.1. The Kier molecular flexibility index (Phi) is 11.4. The monoisotopic (exact) mass is 280 g/mol. The number of hydrogen-bond acceptors (Lipinski definition) is 1. The van der Waals surface area contributed by atoms with Gasteiger partial charge in [-0.3, -0.25) is 0 Å². The van der Waals surface area contributed by atoms with E-state index in [0.29, 0.717) is 0 Å². The molecular formula is C19H38N. The fraction of sp³-hybridized carbons (Fsp3) is 0.947. The van der Waals surface area contributed by atoms with Gasteiger partial charge >= 0.3 is 0 Å². The Morgan fingerprint density at radius 3 is 1.80 bits per heavy atom. The van der Waals surface area contributed by atoms with Crippen LogP contribution in [0.25, 0.3) is 0 Å². The molecule has 1 heteroatoms. The van der Waals surface area contributed by atoms with Crippen LogP contribution < -0.4 is 0 Å². The van der Waals surface area contributed by atoms with Gasteiger partial charge in [-0.1, -0.05) is 78.1 Å². The molecule has 1 rings (SSSR count). The van der Waals surface area contributed by atoms with Crippen LogP contribution in [-0.2, 0) is 0 Å². The van der Waals surface area contributed by atoms with Crippen molar-refractivity contribution in [1.82, 2.24) is 4.90 Å². The number of likely N-dealkylation sites (tertiary alicyclic amines) is 1. The van der Waals surface area contributed by atoms with E-state index in [1.165, 1.54) is 96.7 Å². The Morgan fingerprint density at radius 2 is 1.30 bits per heavy atom. The molecule has 1 heterocycles. The molecule has 1 fully saturated rings. The standard InChI is InChI=1S/C19H38N/c1-3-5-6-7-8-9-10-11-12-13-16-20-17-14-19(4-2)15-18-20/h19H,2-18H2,1H3. The van der Waals surface area contributed by atoms with Gasteiger partial charge in [0.15, 0.2) is 0 Å². The van der Waals surface area contributed by atoms with Gasteiger partial charge in [0.25, 0.3) is 0 Å². The zero-order valence-corrected chi connectivity index (χ0v) is 14.0. The number of hydrogen-bond donors (Lipinski definition) is 0. The first kappa shape index (κ1) is 18.0. The molecule has 1 nitrogen and oxygen atoms in total. The second-order valence-corrected chi connectivity index (χ2v) is 6.76. The van der Waals surface area contributed by atoms with Crippen LogP contribution in [0.3, 0.4) is 0 Å².